The van der Waals surface area contributed by atoms with E-state index in [0.29, 0.717) is 11.8 Å². The van der Waals surface area contributed by atoms with Crippen LogP contribution in [0.25, 0.3) is 0 Å². The van der Waals surface area contributed by atoms with Gasteiger partial charge in [0.25, 0.3) is 0 Å². The van der Waals surface area contributed by atoms with Crippen molar-refractivity contribution in [3.63, 3.8) is 0 Å². The molecule has 1 heterocycles. The Balaban J connectivity index is 1.81. The molecule has 0 aliphatic carbocycles. The summed E-state index contributed by atoms with van der Waals surface area (Å²) in [7, 11) is 4.01. The van der Waals surface area contributed by atoms with Crippen LogP contribution in [0.15, 0.2) is 29.3 Å². The predicted octanol–water partition coefficient (Wildman–Crippen LogP) is 2.90. The second kappa shape index (κ2) is 9.66. The quantitative estimate of drug-likeness (QED) is 0.589. The third-order valence-electron chi connectivity index (χ3n) is 4.59. The molecule has 0 saturated carbocycles. The molecule has 0 bridgehead atoms. The summed E-state index contributed by atoms with van der Waals surface area (Å²) in [5.41, 5.74) is 1.22. The zero-order valence-corrected chi connectivity index (χ0v) is 16.4. The Morgan fingerprint density at radius 3 is 2.56 bits per heavy atom. The molecule has 1 aromatic carbocycles. The number of guanidine groups is 1. The molecule has 25 heavy (non-hydrogen) atoms. The van der Waals surface area contributed by atoms with Crippen LogP contribution in [0.3, 0.4) is 0 Å². The second-order valence-electron chi connectivity index (χ2n) is 7.51. The van der Waals surface area contributed by atoms with Crippen LogP contribution in [-0.4, -0.2) is 51.2 Å². The summed E-state index contributed by atoms with van der Waals surface area (Å²) in [6.45, 7) is 10.5. The number of nitrogens with one attached hydrogen (secondary N) is 2. The number of benzene rings is 1. The predicted molar refractivity (Wildman–Crippen MR) is 105 cm³/mol. The Kier molecular flexibility index (Phi) is 7.56. The molecule has 1 aromatic rings. The first-order valence-corrected chi connectivity index (χ1v) is 9.36. The lowest BCUT2D eigenvalue weighted by Crippen LogP contribution is -2.41. The molecule has 2 atom stereocenters. The molecular formula is C20H34N4O. The van der Waals surface area contributed by atoms with Crippen LogP contribution in [-0.2, 0) is 0 Å². The lowest BCUT2D eigenvalue weighted by atomic mass is 10.1. The van der Waals surface area contributed by atoms with Gasteiger partial charge in [-0.05, 0) is 56.5 Å². The van der Waals surface area contributed by atoms with Gasteiger partial charge in [-0.2, -0.15) is 0 Å². The van der Waals surface area contributed by atoms with Gasteiger partial charge in [0.2, 0.25) is 0 Å². The normalized spacial score (nSPS) is 19.9. The lowest BCUT2D eigenvalue weighted by molar-refractivity contribution is 0.271. The molecule has 0 amide bonds. The van der Waals surface area contributed by atoms with Gasteiger partial charge in [0.15, 0.2) is 5.96 Å². The van der Waals surface area contributed by atoms with Gasteiger partial charge in [-0.25, -0.2) is 0 Å². The van der Waals surface area contributed by atoms with E-state index in [1.807, 2.05) is 19.2 Å². The fraction of sp³-hybridized carbons (Fsp3) is 0.650. The smallest absolute Gasteiger partial charge is 0.191 e. The van der Waals surface area contributed by atoms with E-state index < -0.39 is 0 Å². The van der Waals surface area contributed by atoms with Crippen molar-refractivity contribution in [1.29, 1.82) is 0 Å². The summed E-state index contributed by atoms with van der Waals surface area (Å²) < 4.78 is 5.75. The first-order valence-electron chi connectivity index (χ1n) is 9.36. The van der Waals surface area contributed by atoms with Gasteiger partial charge in [-0.15, -0.1) is 0 Å². The van der Waals surface area contributed by atoms with Crippen molar-refractivity contribution in [2.24, 2.45) is 16.8 Å². The molecule has 1 fully saturated rings. The van der Waals surface area contributed by atoms with Gasteiger partial charge in [-0.1, -0.05) is 26.0 Å². The number of hydrogen-bond donors (Lipinski definition) is 2. The average Bonchev–Trinajstić information content (AvgIpc) is 3.02. The fourth-order valence-electron chi connectivity index (χ4n) is 3.03. The Morgan fingerprint density at radius 2 is 2.00 bits per heavy atom. The summed E-state index contributed by atoms with van der Waals surface area (Å²) in [5, 5.41) is 6.94. The Bertz CT molecular complexity index is 541. The van der Waals surface area contributed by atoms with E-state index in [0.717, 1.165) is 31.4 Å². The van der Waals surface area contributed by atoms with E-state index in [-0.39, 0.29) is 6.04 Å². The zero-order valence-electron chi connectivity index (χ0n) is 16.4. The summed E-state index contributed by atoms with van der Waals surface area (Å²) in [5.74, 6) is 3.03. The third kappa shape index (κ3) is 6.58. The summed E-state index contributed by atoms with van der Waals surface area (Å²) in [6, 6.07) is 8.51. The van der Waals surface area contributed by atoms with Gasteiger partial charge in [0, 0.05) is 20.1 Å². The third-order valence-corrected chi connectivity index (χ3v) is 4.59. The van der Waals surface area contributed by atoms with Crippen molar-refractivity contribution < 1.29 is 4.74 Å². The minimum atomic E-state index is 0.191. The molecule has 1 saturated heterocycles. The maximum absolute atomic E-state index is 5.75. The van der Waals surface area contributed by atoms with E-state index in [1.54, 1.807) is 0 Å². The summed E-state index contributed by atoms with van der Waals surface area (Å²) in [4.78, 5) is 6.74. The van der Waals surface area contributed by atoms with Crippen LogP contribution in [0.4, 0.5) is 0 Å². The second-order valence-corrected chi connectivity index (χ2v) is 7.51. The minimum Gasteiger partial charge on any atom is -0.493 e. The van der Waals surface area contributed by atoms with Crippen molar-refractivity contribution in [2.75, 3.05) is 40.3 Å². The Labute approximate surface area is 152 Å². The molecule has 5 heteroatoms. The van der Waals surface area contributed by atoms with Crippen molar-refractivity contribution in [3.8, 4) is 5.75 Å². The fourth-order valence-corrected chi connectivity index (χ4v) is 3.03. The van der Waals surface area contributed by atoms with Crippen LogP contribution in [0.2, 0.25) is 0 Å². The largest absolute Gasteiger partial charge is 0.493 e. The minimum absolute atomic E-state index is 0.191. The summed E-state index contributed by atoms with van der Waals surface area (Å²) >= 11 is 0. The molecule has 1 aliphatic heterocycles. The molecule has 140 valence electrons. The number of nitrogens with zero attached hydrogens (tertiary/aromatic N) is 2. The topological polar surface area (TPSA) is 48.9 Å². The van der Waals surface area contributed by atoms with E-state index >= 15 is 0 Å². The number of hydrogen-bond acceptors (Lipinski definition) is 3. The van der Waals surface area contributed by atoms with Crippen LogP contribution < -0.4 is 15.4 Å². The Morgan fingerprint density at radius 1 is 1.28 bits per heavy atom. The zero-order chi connectivity index (χ0) is 18.2. The molecule has 5 nitrogen and oxygen atoms in total. The van der Waals surface area contributed by atoms with Crippen molar-refractivity contribution >= 4 is 5.96 Å². The van der Waals surface area contributed by atoms with Crippen LogP contribution in [0, 0.1) is 11.8 Å². The maximum atomic E-state index is 5.75. The highest BCUT2D eigenvalue weighted by Crippen LogP contribution is 2.18. The van der Waals surface area contributed by atoms with E-state index in [1.165, 1.54) is 18.5 Å². The van der Waals surface area contributed by atoms with E-state index in [4.69, 9.17) is 4.74 Å². The van der Waals surface area contributed by atoms with Gasteiger partial charge in [-0.3, -0.25) is 4.99 Å². The number of ether oxygens (including phenoxy) is 1. The number of likely N-dealkylation sites (tertiary alicyclic amines) is 1. The van der Waals surface area contributed by atoms with Crippen LogP contribution >= 0.6 is 0 Å². The molecule has 2 rings (SSSR count). The highest BCUT2D eigenvalue weighted by Gasteiger charge is 2.19. The number of aliphatic imine (C=N–C) groups is 1. The molecular weight excluding hydrogens is 312 g/mol. The SMILES string of the molecule is CN=C(NCC1CCN(C)C1)NC(C)c1ccc(OCC(C)C)cc1. The standard InChI is InChI=1S/C20H34N4O/c1-15(2)14-25-19-8-6-18(7-9-19)16(3)23-20(21-4)22-12-17-10-11-24(5)13-17/h6-9,15-17H,10-14H2,1-5H3,(H2,21,22,23). The van der Waals surface area contributed by atoms with Gasteiger partial charge >= 0.3 is 0 Å². The van der Waals surface area contributed by atoms with E-state index in [2.05, 4.69) is 60.5 Å². The van der Waals surface area contributed by atoms with Gasteiger partial charge in [0.05, 0.1) is 12.6 Å². The highest BCUT2D eigenvalue weighted by atomic mass is 16.5. The lowest BCUT2D eigenvalue weighted by Gasteiger charge is -2.20. The first kappa shape index (κ1) is 19.6. The van der Waals surface area contributed by atoms with Crippen molar-refractivity contribution in [2.45, 2.75) is 33.2 Å². The van der Waals surface area contributed by atoms with Crippen LogP contribution in [0.5, 0.6) is 5.75 Å². The first-order chi connectivity index (χ1) is 12.0. The molecule has 1 aliphatic rings. The number of rotatable bonds is 7. The Hall–Kier alpha value is -1.75. The maximum Gasteiger partial charge on any atom is 0.191 e. The van der Waals surface area contributed by atoms with Crippen molar-refractivity contribution in [3.05, 3.63) is 29.8 Å². The van der Waals surface area contributed by atoms with E-state index in [9.17, 15) is 0 Å². The van der Waals surface area contributed by atoms with Crippen molar-refractivity contribution in [1.82, 2.24) is 15.5 Å². The molecule has 0 radical (unpaired) electrons. The summed E-state index contributed by atoms with van der Waals surface area (Å²) in [6.07, 6.45) is 1.26. The van der Waals surface area contributed by atoms with Crippen LogP contribution in [0.1, 0.15) is 38.8 Å². The molecule has 2 N–H and O–H groups in total. The van der Waals surface area contributed by atoms with Gasteiger partial charge in [0.1, 0.15) is 5.75 Å². The average molecular weight is 347 g/mol. The molecule has 0 aromatic heterocycles. The monoisotopic (exact) mass is 346 g/mol. The highest BCUT2D eigenvalue weighted by molar-refractivity contribution is 5.80. The van der Waals surface area contributed by atoms with Gasteiger partial charge < -0.3 is 20.3 Å². The molecule has 2 unspecified atom stereocenters. The molecule has 0 spiro atoms.